The molecule has 0 amide bonds. The molecule has 0 N–H and O–H groups in total. The van der Waals surface area contributed by atoms with E-state index in [2.05, 4.69) is 85.3 Å². The van der Waals surface area contributed by atoms with Crippen molar-refractivity contribution in [3.8, 4) is 0 Å². The predicted octanol–water partition coefficient (Wildman–Crippen LogP) is 4.99. The fraction of sp³-hybridized carbons (Fsp3) is 0.143. The van der Waals surface area contributed by atoms with Crippen LogP contribution in [0.25, 0.3) is 16.3 Å². The third-order valence-electron chi connectivity index (χ3n) is 3.96. The molecule has 3 aromatic carbocycles. The summed E-state index contributed by atoms with van der Waals surface area (Å²) >= 11 is 0. The lowest BCUT2D eigenvalue weighted by Crippen LogP contribution is -2.20. The Bertz CT molecular complexity index is 769. The molecule has 110 valence electrons. The summed E-state index contributed by atoms with van der Waals surface area (Å²) in [6, 6.07) is 25.5. The van der Waals surface area contributed by atoms with Gasteiger partial charge < -0.3 is 0 Å². The summed E-state index contributed by atoms with van der Waals surface area (Å²) in [5.41, 5.74) is 3.73. The molecule has 3 aromatic rings. The van der Waals surface area contributed by atoms with E-state index >= 15 is 0 Å². The van der Waals surface area contributed by atoms with Crippen LogP contribution < -0.4 is 0 Å². The molecule has 0 atom stereocenters. The van der Waals surface area contributed by atoms with Crippen LogP contribution in [0.2, 0.25) is 0 Å². The van der Waals surface area contributed by atoms with Crippen LogP contribution in [-0.2, 0) is 6.54 Å². The van der Waals surface area contributed by atoms with Crippen LogP contribution in [0.5, 0.6) is 0 Å². The average molecular weight is 287 g/mol. The van der Waals surface area contributed by atoms with Gasteiger partial charge in [-0.2, -0.15) is 0 Å². The summed E-state index contributed by atoms with van der Waals surface area (Å²) in [7, 11) is 2.15. The van der Waals surface area contributed by atoms with Gasteiger partial charge in [-0.15, -0.1) is 0 Å². The maximum atomic E-state index is 4.23. The Morgan fingerprint density at radius 3 is 2.36 bits per heavy atom. The first-order valence-electron chi connectivity index (χ1n) is 7.62. The second-order valence-electron chi connectivity index (χ2n) is 5.78. The average Bonchev–Trinajstić information content (AvgIpc) is 2.56. The molecule has 0 spiro atoms. The number of rotatable bonds is 5. The summed E-state index contributed by atoms with van der Waals surface area (Å²) in [4.78, 5) is 2.32. The molecule has 0 heterocycles. The van der Waals surface area contributed by atoms with Crippen molar-refractivity contribution in [3.63, 3.8) is 0 Å². The van der Waals surface area contributed by atoms with Crippen LogP contribution >= 0.6 is 0 Å². The highest BCUT2D eigenvalue weighted by Gasteiger charge is 2.06. The molecule has 0 unspecified atom stereocenters. The summed E-state index contributed by atoms with van der Waals surface area (Å²) in [5.74, 6) is 0. The number of likely N-dealkylation sites (N-methyl/N-ethyl adjacent to an activating group) is 1. The van der Waals surface area contributed by atoms with Gasteiger partial charge in [-0.3, -0.25) is 4.90 Å². The quantitative estimate of drug-likeness (QED) is 0.639. The molecule has 0 fully saturated rings. The lowest BCUT2D eigenvalue weighted by molar-refractivity contribution is 0.370. The minimum absolute atomic E-state index is 0.868. The maximum Gasteiger partial charge on any atom is 0.0240 e. The topological polar surface area (TPSA) is 3.24 Å². The van der Waals surface area contributed by atoms with Crippen molar-refractivity contribution >= 4 is 16.3 Å². The molecule has 0 saturated heterocycles. The van der Waals surface area contributed by atoms with E-state index in [1.54, 1.807) is 0 Å². The monoisotopic (exact) mass is 287 g/mol. The van der Waals surface area contributed by atoms with Gasteiger partial charge in [-0.05, 0) is 34.5 Å². The molecule has 0 saturated carbocycles. The van der Waals surface area contributed by atoms with Gasteiger partial charge in [-0.25, -0.2) is 0 Å². The lowest BCUT2D eigenvalue weighted by atomic mass is 10.0. The maximum absolute atomic E-state index is 4.23. The number of benzene rings is 3. The molecule has 1 nitrogen and oxygen atoms in total. The molecule has 3 rings (SSSR count). The van der Waals surface area contributed by atoms with Gasteiger partial charge >= 0.3 is 0 Å². The first kappa shape index (κ1) is 14.6. The SMILES string of the molecule is C=C(CN(C)Cc1cccc2ccccc12)c1ccccc1. The van der Waals surface area contributed by atoms with Crippen molar-refractivity contribution in [3.05, 3.63) is 90.5 Å². The van der Waals surface area contributed by atoms with Gasteiger partial charge in [-0.1, -0.05) is 79.4 Å². The fourth-order valence-corrected chi connectivity index (χ4v) is 2.87. The van der Waals surface area contributed by atoms with Crippen molar-refractivity contribution in [2.75, 3.05) is 13.6 Å². The number of fused-ring (bicyclic) bond motifs is 1. The molecule has 22 heavy (non-hydrogen) atoms. The second-order valence-corrected chi connectivity index (χ2v) is 5.78. The van der Waals surface area contributed by atoms with Crippen LogP contribution in [-0.4, -0.2) is 18.5 Å². The summed E-state index contributed by atoms with van der Waals surface area (Å²) in [5, 5.41) is 2.64. The molecule has 0 aromatic heterocycles. The van der Waals surface area contributed by atoms with Gasteiger partial charge in [0.1, 0.15) is 0 Å². The highest BCUT2D eigenvalue weighted by molar-refractivity contribution is 5.85. The van der Waals surface area contributed by atoms with E-state index in [1.807, 2.05) is 6.07 Å². The van der Waals surface area contributed by atoms with Crippen LogP contribution in [0.15, 0.2) is 79.4 Å². The third-order valence-corrected chi connectivity index (χ3v) is 3.96. The van der Waals surface area contributed by atoms with Crippen LogP contribution in [0.3, 0.4) is 0 Å². The fourth-order valence-electron chi connectivity index (χ4n) is 2.87. The van der Waals surface area contributed by atoms with E-state index in [1.165, 1.54) is 21.9 Å². The highest BCUT2D eigenvalue weighted by Crippen LogP contribution is 2.20. The Morgan fingerprint density at radius 1 is 0.864 bits per heavy atom. The van der Waals surface area contributed by atoms with Crippen LogP contribution in [0, 0.1) is 0 Å². The minimum Gasteiger partial charge on any atom is -0.298 e. The van der Waals surface area contributed by atoms with Crippen molar-refractivity contribution < 1.29 is 0 Å². The van der Waals surface area contributed by atoms with Gasteiger partial charge in [0.25, 0.3) is 0 Å². The van der Waals surface area contributed by atoms with E-state index in [0.717, 1.165) is 18.7 Å². The van der Waals surface area contributed by atoms with Crippen molar-refractivity contribution in [2.45, 2.75) is 6.54 Å². The molecule has 1 heteroatoms. The zero-order valence-corrected chi connectivity index (χ0v) is 13.0. The Labute approximate surface area is 132 Å². The third kappa shape index (κ3) is 3.26. The van der Waals surface area contributed by atoms with Gasteiger partial charge in [0, 0.05) is 13.1 Å². The largest absolute Gasteiger partial charge is 0.298 e. The highest BCUT2D eigenvalue weighted by atomic mass is 15.1. The number of hydrogen-bond acceptors (Lipinski definition) is 1. The van der Waals surface area contributed by atoms with Crippen molar-refractivity contribution in [1.29, 1.82) is 0 Å². The van der Waals surface area contributed by atoms with Gasteiger partial charge in [0.2, 0.25) is 0 Å². The Balaban J connectivity index is 1.74. The zero-order chi connectivity index (χ0) is 15.4. The van der Waals surface area contributed by atoms with Gasteiger partial charge in [0.05, 0.1) is 0 Å². The molecule has 0 aliphatic carbocycles. The summed E-state index contributed by atoms with van der Waals surface area (Å²) < 4.78 is 0. The minimum atomic E-state index is 0.868. The van der Waals surface area contributed by atoms with Crippen LogP contribution in [0.4, 0.5) is 0 Å². The Morgan fingerprint density at radius 2 is 1.55 bits per heavy atom. The van der Waals surface area contributed by atoms with E-state index in [-0.39, 0.29) is 0 Å². The molecular formula is C21H21N. The summed E-state index contributed by atoms with van der Waals surface area (Å²) in [6.07, 6.45) is 0. The van der Waals surface area contributed by atoms with E-state index in [4.69, 9.17) is 0 Å². The van der Waals surface area contributed by atoms with Crippen molar-refractivity contribution in [2.24, 2.45) is 0 Å². The first-order chi connectivity index (χ1) is 10.7. The smallest absolute Gasteiger partial charge is 0.0240 e. The molecule has 0 radical (unpaired) electrons. The lowest BCUT2D eigenvalue weighted by Gasteiger charge is -2.19. The zero-order valence-electron chi connectivity index (χ0n) is 13.0. The molecule has 0 bridgehead atoms. The second kappa shape index (κ2) is 6.59. The van der Waals surface area contributed by atoms with Crippen molar-refractivity contribution in [1.82, 2.24) is 4.90 Å². The van der Waals surface area contributed by atoms with Gasteiger partial charge in [0.15, 0.2) is 0 Å². The number of nitrogens with zero attached hydrogens (tertiary/aromatic N) is 1. The standard InChI is InChI=1S/C21H21N/c1-17(18-9-4-3-5-10-18)15-22(2)16-20-13-8-12-19-11-6-7-14-21(19)20/h3-14H,1,15-16H2,2H3. The van der Waals surface area contributed by atoms with Crippen LogP contribution in [0.1, 0.15) is 11.1 Å². The first-order valence-corrected chi connectivity index (χ1v) is 7.62. The van der Waals surface area contributed by atoms with E-state index in [0.29, 0.717) is 0 Å². The summed E-state index contributed by atoms with van der Waals surface area (Å²) in [6.45, 7) is 6.02. The van der Waals surface area contributed by atoms with E-state index < -0.39 is 0 Å². The normalized spacial score (nSPS) is 11.0. The molecule has 0 aliphatic rings. The predicted molar refractivity (Wildman–Crippen MR) is 95.8 cm³/mol. The van der Waals surface area contributed by atoms with E-state index in [9.17, 15) is 0 Å². The molecular weight excluding hydrogens is 266 g/mol. The number of hydrogen-bond donors (Lipinski definition) is 0. The Hall–Kier alpha value is -2.38. The Kier molecular flexibility index (Phi) is 4.36. The molecule has 0 aliphatic heterocycles.